The lowest BCUT2D eigenvalue weighted by Gasteiger charge is -2.26. The lowest BCUT2D eigenvalue weighted by atomic mass is 9.94. The van der Waals surface area contributed by atoms with Crippen LogP contribution in [0.2, 0.25) is 0 Å². The Morgan fingerprint density at radius 3 is 2.88 bits per heavy atom. The Morgan fingerprint density at radius 2 is 1.97 bits per heavy atom. The van der Waals surface area contributed by atoms with Gasteiger partial charge < -0.3 is 19.9 Å². The highest BCUT2D eigenvalue weighted by molar-refractivity contribution is 6.09. The van der Waals surface area contributed by atoms with E-state index in [0.29, 0.717) is 13.2 Å². The van der Waals surface area contributed by atoms with Crippen molar-refractivity contribution in [3.05, 3.63) is 64.8 Å². The van der Waals surface area contributed by atoms with Crippen LogP contribution in [0, 0.1) is 0 Å². The quantitative estimate of drug-likeness (QED) is 0.599. The number of nitrogens with one attached hydrogen (secondary N) is 2. The molecule has 2 unspecified atom stereocenters. The lowest BCUT2D eigenvalue weighted by molar-refractivity contribution is -0.131. The van der Waals surface area contributed by atoms with Crippen LogP contribution in [0.15, 0.2) is 42.5 Å². The van der Waals surface area contributed by atoms with E-state index in [9.17, 15) is 9.59 Å². The van der Waals surface area contributed by atoms with Gasteiger partial charge in [0.1, 0.15) is 6.61 Å². The Balaban J connectivity index is 1.29. The predicted octanol–water partition coefficient (Wildman–Crippen LogP) is 4.09. The fourth-order valence-corrected chi connectivity index (χ4v) is 5.84. The van der Waals surface area contributed by atoms with Gasteiger partial charge in [0.25, 0.3) is 5.91 Å². The fourth-order valence-electron chi connectivity index (χ4n) is 5.84. The molecule has 33 heavy (non-hydrogen) atoms. The molecule has 2 atom stereocenters. The van der Waals surface area contributed by atoms with Gasteiger partial charge in [-0.05, 0) is 67.5 Å². The van der Waals surface area contributed by atoms with E-state index >= 15 is 0 Å². The zero-order chi connectivity index (χ0) is 22.4. The van der Waals surface area contributed by atoms with Gasteiger partial charge in [-0.15, -0.1) is 0 Å². The molecule has 0 saturated carbocycles. The Hall–Kier alpha value is -3.12. The molecule has 170 valence electrons. The summed E-state index contributed by atoms with van der Waals surface area (Å²) in [6.45, 7) is 1.27. The van der Waals surface area contributed by atoms with Gasteiger partial charge in [-0.2, -0.15) is 0 Å². The second kappa shape index (κ2) is 8.34. The van der Waals surface area contributed by atoms with E-state index in [4.69, 9.17) is 4.74 Å². The number of fused-ring (bicyclic) bond motifs is 4. The Kier molecular flexibility index (Phi) is 5.18. The average molecular weight is 444 g/mol. The second-order valence-corrected chi connectivity index (χ2v) is 9.59. The summed E-state index contributed by atoms with van der Waals surface area (Å²) in [6.07, 6.45) is 6.63. The van der Waals surface area contributed by atoms with E-state index in [-0.39, 0.29) is 30.4 Å². The second-order valence-electron chi connectivity index (χ2n) is 9.59. The van der Waals surface area contributed by atoms with Gasteiger partial charge in [0.05, 0.1) is 12.6 Å². The number of para-hydroxylation sites is 1. The summed E-state index contributed by atoms with van der Waals surface area (Å²) < 4.78 is 5.43. The molecule has 2 amide bonds. The Labute approximate surface area is 193 Å². The summed E-state index contributed by atoms with van der Waals surface area (Å²) in [5, 5.41) is 4.23. The molecule has 1 aromatic heterocycles. The number of hydrogen-bond acceptors (Lipinski definition) is 3. The fraction of sp³-hybridized carbons (Fsp3) is 0.407. The van der Waals surface area contributed by atoms with Crippen LogP contribution >= 0.6 is 0 Å². The number of ether oxygens (including phenoxy) is 1. The highest BCUT2D eigenvalue weighted by Crippen LogP contribution is 2.40. The molecule has 2 aliphatic heterocycles. The maximum absolute atomic E-state index is 13.7. The van der Waals surface area contributed by atoms with Crippen LogP contribution in [0.4, 0.5) is 5.69 Å². The molecule has 3 heterocycles. The third kappa shape index (κ3) is 3.72. The normalized spacial score (nSPS) is 22.5. The number of benzene rings is 2. The molecule has 3 aromatic rings. The number of carbonyl (C=O) groups is 2. The highest BCUT2D eigenvalue weighted by Gasteiger charge is 2.35. The van der Waals surface area contributed by atoms with Crippen molar-refractivity contribution in [1.29, 1.82) is 0 Å². The van der Waals surface area contributed by atoms with E-state index in [2.05, 4.69) is 28.5 Å². The topological polar surface area (TPSA) is 74.4 Å². The minimum Gasteiger partial charge on any atom is -0.370 e. The summed E-state index contributed by atoms with van der Waals surface area (Å²) in [5.41, 5.74) is 6.75. The van der Waals surface area contributed by atoms with Crippen molar-refractivity contribution < 1.29 is 14.3 Å². The van der Waals surface area contributed by atoms with Crippen molar-refractivity contribution in [2.24, 2.45) is 0 Å². The number of hydrogen-bond donors (Lipinski definition) is 2. The summed E-state index contributed by atoms with van der Waals surface area (Å²) in [6, 6.07) is 14.2. The summed E-state index contributed by atoms with van der Waals surface area (Å²) in [7, 11) is 0. The summed E-state index contributed by atoms with van der Waals surface area (Å²) in [4.78, 5) is 31.0. The first-order valence-electron chi connectivity index (χ1n) is 12.1. The molecule has 3 aliphatic rings. The first-order chi connectivity index (χ1) is 16.2. The van der Waals surface area contributed by atoms with Gasteiger partial charge in [-0.25, -0.2) is 0 Å². The SMILES string of the molecule is O=C1COCC(CC2CN(C(=O)c3ccc4[nH]c5c(c4c3)CCCCC5)c3ccccc32)N1. The molecule has 2 aromatic carbocycles. The van der Waals surface area contributed by atoms with Crippen molar-refractivity contribution in [3.63, 3.8) is 0 Å². The maximum Gasteiger partial charge on any atom is 0.258 e. The van der Waals surface area contributed by atoms with Gasteiger partial charge in [-0.1, -0.05) is 24.6 Å². The number of nitrogens with zero attached hydrogens (tertiary/aromatic N) is 1. The van der Waals surface area contributed by atoms with E-state index in [1.165, 1.54) is 41.5 Å². The summed E-state index contributed by atoms with van der Waals surface area (Å²) >= 11 is 0. The van der Waals surface area contributed by atoms with E-state index < -0.39 is 0 Å². The molecule has 6 heteroatoms. The number of carbonyl (C=O) groups excluding carboxylic acids is 2. The smallest absolute Gasteiger partial charge is 0.258 e. The Bertz CT molecular complexity index is 1230. The molecule has 1 aliphatic carbocycles. The predicted molar refractivity (Wildman–Crippen MR) is 128 cm³/mol. The van der Waals surface area contributed by atoms with Crippen LogP contribution in [0.25, 0.3) is 10.9 Å². The first-order valence-corrected chi connectivity index (χ1v) is 12.1. The first kappa shape index (κ1) is 20.5. The molecular weight excluding hydrogens is 414 g/mol. The molecule has 6 rings (SSSR count). The number of aryl methyl sites for hydroxylation is 2. The van der Waals surface area contributed by atoms with Gasteiger partial charge >= 0.3 is 0 Å². The zero-order valence-electron chi connectivity index (χ0n) is 18.7. The monoisotopic (exact) mass is 443 g/mol. The van der Waals surface area contributed by atoms with Crippen LogP contribution in [0.1, 0.15) is 58.8 Å². The number of H-pyrrole nitrogens is 1. The maximum atomic E-state index is 13.7. The Morgan fingerprint density at radius 1 is 1.09 bits per heavy atom. The van der Waals surface area contributed by atoms with Crippen molar-refractivity contribution >= 4 is 28.4 Å². The van der Waals surface area contributed by atoms with Crippen LogP contribution in [0.5, 0.6) is 0 Å². The minimum atomic E-state index is -0.0654. The van der Waals surface area contributed by atoms with E-state index in [1.54, 1.807) is 0 Å². The number of anilines is 1. The zero-order valence-corrected chi connectivity index (χ0v) is 18.7. The standard InChI is InChI=1S/C27H29N3O3/c31-26-16-33-15-19(28-26)12-18-14-30(25-9-5-4-6-20(18)25)27(32)17-10-11-24-22(13-17)21-7-2-1-3-8-23(21)29-24/h4-6,9-11,13,18-19,29H,1-3,7-8,12,14-16H2,(H,28,31). The van der Waals surface area contributed by atoms with E-state index in [1.807, 2.05) is 29.2 Å². The number of amides is 2. The van der Waals surface area contributed by atoms with Crippen molar-refractivity contribution in [2.45, 2.75) is 50.5 Å². The largest absolute Gasteiger partial charge is 0.370 e. The molecule has 1 saturated heterocycles. The van der Waals surface area contributed by atoms with Crippen LogP contribution in [0.3, 0.4) is 0 Å². The number of rotatable bonds is 3. The molecule has 2 N–H and O–H groups in total. The molecule has 0 bridgehead atoms. The van der Waals surface area contributed by atoms with Crippen molar-refractivity contribution in [3.8, 4) is 0 Å². The third-order valence-electron chi connectivity index (χ3n) is 7.40. The highest BCUT2D eigenvalue weighted by atomic mass is 16.5. The number of aromatic amines is 1. The van der Waals surface area contributed by atoms with Gasteiger partial charge in [0.15, 0.2) is 0 Å². The number of morpholine rings is 1. The van der Waals surface area contributed by atoms with Crippen LogP contribution in [-0.4, -0.2) is 42.6 Å². The van der Waals surface area contributed by atoms with E-state index in [0.717, 1.165) is 36.0 Å². The average Bonchev–Trinajstić information content (AvgIpc) is 3.27. The lowest BCUT2D eigenvalue weighted by Crippen LogP contribution is -2.46. The molecule has 1 fully saturated rings. The van der Waals surface area contributed by atoms with Crippen molar-refractivity contribution in [2.75, 3.05) is 24.7 Å². The summed E-state index contributed by atoms with van der Waals surface area (Å²) in [5.74, 6) is 0.146. The van der Waals surface area contributed by atoms with Crippen molar-refractivity contribution in [1.82, 2.24) is 10.3 Å². The van der Waals surface area contributed by atoms with Crippen LogP contribution in [-0.2, 0) is 22.4 Å². The van der Waals surface area contributed by atoms with Gasteiger partial charge in [-0.3, -0.25) is 9.59 Å². The molecular formula is C27H29N3O3. The third-order valence-corrected chi connectivity index (χ3v) is 7.40. The molecule has 0 radical (unpaired) electrons. The van der Waals surface area contributed by atoms with Crippen LogP contribution < -0.4 is 10.2 Å². The molecule has 6 nitrogen and oxygen atoms in total. The van der Waals surface area contributed by atoms with Gasteiger partial charge in [0.2, 0.25) is 5.91 Å². The molecule has 0 spiro atoms. The van der Waals surface area contributed by atoms with Gasteiger partial charge in [0, 0.05) is 40.3 Å². The minimum absolute atomic E-state index is 0.0222. The number of aromatic nitrogens is 1.